The number of hydrogen-bond donors (Lipinski definition) is 1. The predicted octanol–water partition coefficient (Wildman–Crippen LogP) is 4.25. The third-order valence-corrected chi connectivity index (χ3v) is 7.30. The van der Waals surface area contributed by atoms with Crippen LogP contribution in [0.1, 0.15) is 41.6 Å². The van der Waals surface area contributed by atoms with Crippen molar-refractivity contribution in [3.05, 3.63) is 81.3 Å². The van der Waals surface area contributed by atoms with Gasteiger partial charge in [0.15, 0.2) is 0 Å². The number of rotatable bonds is 4. The molecule has 2 bridgehead atoms. The van der Waals surface area contributed by atoms with E-state index in [0.29, 0.717) is 18.9 Å². The fourth-order valence-electron chi connectivity index (χ4n) is 5.61. The van der Waals surface area contributed by atoms with Crippen LogP contribution in [0.4, 0.5) is 5.69 Å². The summed E-state index contributed by atoms with van der Waals surface area (Å²) in [5.74, 6) is 1.58. The van der Waals surface area contributed by atoms with Crippen LogP contribution >= 0.6 is 0 Å². The topological polar surface area (TPSA) is 52.2 Å². The molecule has 1 N–H and O–H groups in total. The summed E-state index contributed by atoms with van der Waals surface area (Å²) >= 11 is 0. The zero-order valence-corrected chi connectivity index (χ0v) is 18.0. The molecule has 2 atom stereocenters. The Labute approximate surface area is 182 Å². The number of H-pyrrole nitrogens is 1. The zero-order valence-electron chi connectivity index (χ0n) is 18.0. The van der Waals surface area contributed by atoms with Gasteiger partial charge < -0.3 is 9.88 Å². The van der Waals surface area contributed by atoms with Gasteiger partial charge in [0.2, 0.25) is 0 Å². The van der Waals surface area contributed by atoms with Crippen LogP contribution in [-0.4, -0.2) is 27.5 Å². The van der Waals surface area contributed by atoms with Crippen LogP contribution in [0.15, 0.2) is 53.3 Å². The summed E-state index contributed by atoms with van der Waals surface area (Å²) < 4.78 is 0. The molecular formula is C26H28N4O. The standard InChI is InChI=1S/C26H28N4O/c1-17-5-8-21(9-6-17)30-15-23-24(16-30)27-25(28-26(23)31)20-4-2-3-18(11-20)13-29-14-19-7-10-22(29)12-19/h2-6,8-9,11,19,22H,7,10,12-16H2,1H3,(H,27,28,31)/t19-,22-/m0/s1. The minimum absolute atomic E-state index is 0.0168. The van der Waals surface area contributed by atoms with Gasteiger partial charge in [0.25, 0.3) is 5.56 Å². The molecule has 3 aliphatic rings. The van der Waals surface area contributed by atoms with E-state index in [9.17, 15) is 4.79 Å². The smallest absolute Gasteiger partial charge is 0.256 e. The summed E-state index contributed by atoms with van der Waals surface area (Å²) in [4.78, 5) is 25.6. The van der Waals surface area contributed by atoms with Crippen LogP contribution in [0, 0.1) is 12.8 Å². The van der Waals surface area contributed by atoms with Crippen molar-refractivity contribution in [2.75, 3.05) is 11.4 Å². The van der Waals surface area contributed by atoms with Crippen molar-refractivity contribution in [3.8, 4) is 11.4 Å². The van der Waals surface area contributed by atoms with Crippen LogP contribution in [0.25, 0.3) is 11.4 Å². The Kier molecular flexibility index (Phi) is 4.46. The van der Waals surface area contributed by atoms with Gasteiger partial charge in [-0.3, -0.25) is 9.69 Å². The van der Waals surface area contributed by atoms with E-state index in [2.05, 4.69) is 70.2 Å². The molecule has 3 aromatic rings. The molecule has 0 unspecified atom stereocenters. The summed E-state index contributed by atoms with van der Waals surface area (Å²) in [6.07, 6.45) is 4.12. The molecule has 1 aliphatic carbocycles. The molecule has 1 saturated heterocycles. The molecule has 1 aromatic heterocycles. The molecule has 158 valence electrons. The van der Waals surface area contributed by atoms with Crippen molar-refractivity contribution in [2.45, 2.75) is 51.9 Å². The van der Waals surface area contributed by atoms with E-state index < -0.39 is 0 Å². The van der Waals surface area contributed by atoms with Crippen molar-refractivity contribution in [1.29, 1.82) is 0 Å². The number of benzene rings is 2. The normalized spacial score (nSPS) is 22.3. The summed E-state index contributed by atoms with van der Waals surface area (Å²) in [7, 11) is 0. The molecule has 1 saturated carbocycles. The van der Waals surface area contributed by atoms with Gasteiger partial charge in [-0.2, -0.15) is 0 Å². The van der Waals surface area contributed by atoms with Gasteiger partial charge in [-0.25, -0.2) is 4.98 Å². The van der Waals surface area contributed by atoms with Crippen molar-refractivity contribution in [2.24, 2.45) is 5.92 Å². The average molecular weight is 413 g/mol. The maximum absolute atomic E-state index is 12.9. The Hall–Kier alpha value is -2.92. The summed E-state index contributed by atoms with van der Waals surface area (Å²) in [6, 6.07) is 17.7. The second-order valence-corrected chi connectivity index (χ2v) is 9.49. The van der Waals surface area contributed by atoms with Crippen molar-refractivity contribution < 1.29 is 0 Å². The molecule has 0 amide bonds. The van der Waals surface area contributed by atoms with Gasteiger partial charge in [0.1, 0.15) is 5.82 Å². The van der Waals surface area contributed by atoms with Gasteiger partial charge in [-0.05, 0) is 55.9 Å². The zero-order chi connectivity index (χ0) is 20.9. The monoisotopic (exact) mass is 412 g/mol. The maximum atomic E-state index is 12.9. The number of hydrogen-bond acceptors (Lipinski definition) is 4. The molecule has 3 heterocycles. The highest BCUT2D eigenvalue weighted by atomic mass is 16.1. The lowest BCUT2D eigenvalue weighted by atomic mass is 10.1. The summed E-state index contributed by atoms with van der Waals surface area (Å²) in [6.45, 7) is 5.59. The van der Waals surface area contributed by atoms with E-state index in [0.717, 1.165) is 41.0 Å². The molecule has 2 aliphatic heterocycles. The van der Waals surface area contributed by atoms with Gasteiger partial charge in [0, 0.05) is 30.4 Å². The Bertz CT molecular complexity index is 1180. The predicted molar refractivity (Wildman–Crippen MR) is 123 cm³/mol. The fourth-order valence-corrected chi connectivity index (χ4v) is 5.61. The maximum Gasteiger partial charge on any atom is 0.256 e. The number of anilines is 1. The lowest BCUT2D eigenvalue weighted by Gasteiger charge is -2.26. The van der Waals surface area contributed by atoms with Crippen molar-refractivity contribution in [1.82, 2.24) is 14.9 Å². The third-order valence-electron chi connectivity index (χ3n) is 7.30. The summed E-state index contributed by atoms with van der Waals surface area (Å²) in [5.41, 5.74) is 6.32. The molecule has 31 heavy (non-hydrogen) atoms. The van der Waals surface area contributed by atoms with Gasteiger partial charge in [0.05, 0.1) is 24.3 Å². The number of piperidine rings is 1. The highest BCUT2D eigenvalue weighted by molar-refractivity contribution is 5.58. The number of nitrogens with zero attached hydrogens (tertiary/aromatic N) is 3. The number of likely N-dealkylation sites (tertiary alicyclic amines) is 1. The van der Waals surface area contributed by atoms with Crippen molar-refractivity contribution in [3.63, 3.8) is 0 Å². The SMILES string of the molecule is Cc1ccc(N2Cc3nc(-c4cccc(CN5C[C@H]6CC[C@H]5C6)c4)[nH]c(=O)c3C2)cc1. The van der Waals surface area contributed by atoms with Crippen LogP contribution < -0.4 is 10.5 Å². The quantitative estimate of drug-likeness (QED) is 0.696. The lowest BCUT2D eigenvalue weighted by molar-refractivity contribution is 0.205. The molecule has 5 nitrogen and oxygen atoms in total. The average Bonchev–Trinajstić information content (AvgIpc) is 3.50. The third kappa shape index (κ3) is 3.47. The van der Waals surface area contributed by atoms with E-state index in [-0.39, 0.29) is 5.56 Å². The van der Waals surface area contributed by atoms with Crippen LogP contribution in [-0.2, 0) is 19.6 Å². The summed E-state index contributed by atoms with van der Waals surface area (Å²) in [5, 5.41) is 0. The number of aromatic amines is 1. The first-order valence-electron chi connectivity index (χ1n) is 11.4. The Balaban J connectivity index is 1.25. The van der Waals surface area contributed by atoms with Crippen LogP contribution in [0.5, 0.6) is 0 Å². The number of fused-ring (bicyclic) bond motifs is 3. The van der Waals surface area contributed by atoms with E-state index in [1.54, 1.807) is 0 Å². The second kappa shape index (κ2) is 7.34. The number of nitrogens with one attached hydrogen (secondary N) is 1. The Morgan fingerprint density at radius 1 is 1.10 bits per heavy atom. The highest BCUT2D eigenvalue weighted by Crippen LogP contribution is 2.38. The largest absolute Gasteiger partial charge is 0.361 e. The first-order valence-corrected chi connectivity index (χ1v) is 11.4. The minimum Gasteiger partial charge on any atom is -0.361 e. The number of aromatic nitrogens is 2. The lowest BCUT2D eigenvalue weighted by Crippen LogP contribution is -2.31. The second-order valence-electron chi connectivity index (χ2n) is 9.49. The van der Waals surface area contributed by atoms with E-state index >= 15 is 0 Å². The molecule has 5 heteroatoms. The van der Waals surface area contributed by atoms with E-state index in [4.69, 9.17) is 4.98 Å². The highest BCUT2D eigenvalue weighted by Gasteiger charge is 2.37. The van der Waals surface area contributed by atoms with Gasteiger partial charge in [-0.1, -0.05) is 35.9 Å². The molecular weight excluding hydrogens is 384 g/mol. The first kappa shape index (κ1) is 18.8. The van der Waals surface area contributed by atoms with Crippen LogP contribution in [0.3, 0.4) is 0 Å². The van der Waals surface area contributed by atoms with Crippen LogP contribution in [0.2, 0.25) is 0 Å². The van der Waals surface area contributed by atoms with Gasteiger partial charge >= 0.3 is 0 Å². The molecule has 2 aromatic carbocycles. The van der Waals surface area contributed by atoms with E-state index in [1.807, 2.05) is 0 Å². The van der Waals surface area contributed by atoms with Crippen molar-refractivity contribution >= 4 is 5.69 Å². The molecule has 0 radical (unpaired) electrons. The molecule has 0 spiro atoms. The van der Waals surface area contributed by atoms with Gasteiger partial charge in [-0.15, -0.1) is 0 Å². The fraction of sp³-hybridized carbons (Fsp3) is 0.385. The molecule has 2 fully saturated rings. The first-order chi connectivity index (χ1) is 15.1. The Morgan fingerprint density at radius 2 is 1.97 bits per heavy atom. The molecule has 6 rings (SSSR count). The number of aryl methyl sites for hydroxylation is 1. The minimum atomic E-state index is -0.0168. The Morgan fingerprint density at radius 3 is 2.74 bits per heavy atom. The van der Waals surface area contributed by atoms with E-state index in [1.165, 1.54) is 36.9 Å².